The van der Waals surface area contributed by atoms with E-state index in [1.165, 1.54) is 15.5 Å². The third-order valence-corrected chi connectivity index (χ3v) is 6.59. The van der Waals surface area contributed by atoms with Crippen molar-refractivity contribution in [1.29, 1.82) is 0 Å². The first kappa shape index (κ1) is 17.4. The van der Waals surface area contributed by atoms with Gasteiger partial charge in [0.15, 0.2) is 0 Å². The zero-order valence-corrected chi connectivity index (χ0v) is 16.8. The molecule has 2 nitrogen and oxygen atoms in total. The Morgan fingerprint density at radius 2 is 1.43 bits per heavy atom. The molecule has 0 unspecified atom stereocenters. The molecule has 0 radical (unpaired) electrons. The summed E-state index contributed by atoms with van der Waals surface area (Å²) in [6.45, 7) is 0. The summed E-state index contributed by atoms with van der Waals surface area (Å²) in [5, 5.41) is 4.31. The number of thioether (sulfide) groups is 1. The lowest BCUT2D eigenvalue weighted by atomic mass is 10.1. The molecule has 4 heteroatoms. The van der Waals surface area contributed by atoms with E-state index in [1.54, 1.807) is 11.3 Å². The molecule has 4 heterocycles. The first-order valence-electron chi connectivity index (χ1n) is 9.28. The predicted molar refractivity (Wildman–Crippen MR) is 124 cm³/mol. The highest BCUT2D eigenvalue weighted by atomic mass is 32.2. The smallest absolute Gasteiger partial charge is 0.0972 e. The molecule has 28 heavy (non-hydrogen) atoms. The van der Waals surface area contributed by atoms with Crippen LogP contribution in [-0.2, 0) is 0 Å². The Labute approximate surface area is 172 Å². The fourth-order valence-electron chi connectivity index (χ4n) is 3.26. The zero-order chi connectivity index (χ0) is 18.8. The molecule has 1 aliphatic heterocycles. The van der Waals surface area contributed by atoms with Gasteiger partial charge in [0.2, 0.25) is 0 Å². The number of pyridine rings is 2. The molecule has 1 aliphatic rings. The molecule has 0 fully saturated rings. The summed E-state index contributed by atoms with van der Waals surface area (Å²) in [6.07, 6.45) is 11.9. The summed E-state index contributed by atoms with van der Waals surface area (Å²) >= 11 is 3.63. The average molecular weight is 399 g/mol. The minimum absolute atomic E-state index is 0.948. The van der Waals surface area contributed by atoms with Crippen molar-refractivity contribution < 1.29 is 0 Å². The molecule has 4 aromatic rings. The highest BCUT2D eigenvalue weighted by Gasteiger charge is 2.06. The largest absolute Gasteiger partial charge is 0.246 e. The van der Waals surface area contributed by atoms with E-state index in [0.717, 1.165) is 39.6 Å². The number of fused-ring (bicyclic) bond motifs is 3. The van der Waals surface area contributed by atoms with Crippen LogP contribution in [0.1, 0.15) is 22.7 Å². The number of allylic oxidation sites excluding steroid dienone is 2. The highest BCUT2D eigenvalue weighted by molar-refractivity contribution is 8.03. The number of rotatable bonds is 4. The lowest BCUT2D eigenvalue weighted by molar-refractivity contribution is 1.27. The molecule has 0 bridgehead atoms. The maximum absolute atomic E-state index is 4.91. The van der Waals surface area contributed by atoms with Crippen LogP contribution in [0.25, 0.3) is 40.0 Å². The van der Waals surface area contributed by atoms with E-state index in [2.05, 4.69) is 84.3 Å². The van der Waals surface area contributed by atoms with Crippen LogP contribution >= 0.6 is 23.1 Å². The van der Waals surface area contributed by atoms with Gasteiger partial charge in [0.05, 0.1) is 22.4 Å². The maximum atomic E-state index is 4.91. The van der Waals surface area contributed by atoms with Crippen molar-refractivity contribution in [2.24, 2.45) is 0 Å². The van der Waals surface area contributed by atoms with Gasteiger partial charge in [0.25, 0.3) is 0 Å². The molecule has 0 atom stereocenters. The third-order valence-electron chi connectivity index (χ3n) is 4.67. The second-order valence-corrected chi connectivity index (χ2v) is 8.75. The molecular formula is C24H18N2S2. The second-order valence-electron chi connectivity index (χ2n) is 6.61. The molecule has 0 saturated carbocycles. The van der Waals surface area contributed by atoms with Gasteiger partial charge in [-0.3, -0.25) is 0 Å². The Kier molecular flexibility index (Phi) is 4.81. The van der Waals surface area contributed by atoms with Gasteiger partial charge in [-0.05, 0) is 54.3 Å². The minimum Gasteiger partial charge on any atom is -0.246 e. The van der Waals surface area contributed by atoms with E-state index in [1.807, 2.05) is 11.8 Å². The topological polar surface area (TPSA) is 25.8 Å². The molecule has 3 aromatic heterocycles. The fraction of sp³-hybridized carbons (Fsp3) is 0.0833. The SMILES string of the molecule is C1=C(/C=C/c2ccc3ccc4ccc(/C=C/c5cccs5)nc4c3n2)SCC1. The van der Waals surface area contributed by atoms with Gasteiger partial charge in [0, 0.05) is 26.3 Å². The lowest BCUT2D eigenvalue weighted by Crippen LogP contribution is -1.89. The lowest BCUT2D eigenvalue weighted by Gasteiger charge is -2.05. The Bertz CT molecular complexity index is 1230. The van der Waals surface area contributed by atoms with Gasteiger partial charge in [-0.25, -0.2) is 9.97 Å². The summed E-state index contributed by atoms with van der Waals surface area (Å²) < 4.78 is 0. The van der Waals surface area contributed by atoms with Crippen molar-refractivity contribution in [3.8, 4) is 0 Å². The van der Waals surface area contributed by atoms with Gasteiger partial charge in [0.1, 0.15) is 0 Å². The van der Waals surface area contributed by atoms with Crippen LogP contribution in [0.5, 0.6) is 0 Å². The van der Waals surface area contributed by atoms with E-state index in [-0.39, 0.29) is 0 Å². The minimum atomic E-state index is 0.948. The number of nitrogens with zero attached hydrogens (tertiary/aromatic N) is 2. The number of hydrogen-bond donors (Lipinski definition) is 0. The highest BCUT2D eigenvalue weighted by Crippen LogP contribution is 2.27. The first-order valence-corrected chi connectivity index (χ1v) is 11.1. The normalized spacial score (nSPS) is 14.6. The molecule has 0 spiro atoms. The third kappa shape index (κ3) is 3.66. The first-order chi connectivity index (χ1) is 13.8. The van der Waals surface area contributed by atoms with Crippen molar-refractivity contribution in [2.45, 2.75) is 6.42 Å². The Morgan fingerprint density at radius 3 is 2.04 bits per heavy atom. The van der Waals surface area contributed by atoms with E-state index in [4.69, 9.17) is 9.97 Å². The fourth-order valence-corrected chi connectivity index (χ4v) is 4.75. The Hall–Kier alpha value is -2.69. The quantitative estimate of drug-likeness (QED) is 0.344. The zero-order valence-electron chi connectivity index (χ0n) is 15.2. The number of benzene rings is 1. The van der Waals surface area contributed by atoms with Crippen LogP contribution in [-0.4, -0.2) is 15.7 Å². The predicted octanol–water partition coefficient (Wildman–Crippen LogP) is 7.05. The summed E-state index contributed by atoms with van der Waals surface area (Å²) in [6, 6.07) is 16.8. The molecular weight excluding hydrogens is 380 g/mol. The van der Waals surface area contributed by atoms with Gasteiger partial charge in [-0.15, -0.1) is 23.1 Å². The van der Waals surface area contributed by atoms with Crippen molar-refractivity contribution in [2.75, 3.05) is 5.75 Å². The number of aromatic nitrogens is 2. The van der Waals surface area contributed by atoms with Crippen LogP contribution in [0.4, 0.5) is 0 Å². The van der Waals surface area contributed by atoms with E-state index < -0.39 is 0 Å². The molecule has 0 N–H and O–H groups in total. The summed E-state index contributed by atoms with van der Waals surface area (Å²) in [4.78, 5) is 12.4. The molecule has 5 rings (SSSR count). The van der Waals surface area contributed by atoms with Gasteiger partial charge in [-0.1, -0.05) is 36.4 Å². The standard InChI is InChI=1S/C24H18N2S2/c1-3-21(27-15-1)13-11-19-9-7-17-5-6-18-8-10-20(26-24(18)23(17)25-19)12-14-22-4-2-16-28-22/h1,3-15H,2,16H2/b13-11+,14-12+. The second kappa shape index (κ2) is 7.74. The van der Waals surface area contributed by atoms with Crippen molar-refractivity contribution in [3.05, 3.63) is 87.2 Å². The maximum Gasteiger partial charge on any atom is 0.0972 e. The molecule has 136 valence electrons. The van der Waals surface area contributed by atoms with Gasteiger partial charge < -0.3 is 0 Å². The number of thiophene rings is 1. The van der Waals surface area contributed by atoms with Crippen LogP contribution in [0.15, 0.2) is 71.0 Å². The van der Waals surface area contributed by atoms with E-state index in [0.29, 0.717) is 0 Å². The molecule has 1 aromatic carbocycles. The average Bonchev–Trinajstić information content (AvgIpc) is 3.44. The van der Waals surface area contributed by atoms with Gasteiger partial charge >= 0.3 is 0 Å². The number of hydrogen-bond acceptors (Lipinski definition) is 4. The molecule has 0 saturated heterocycles. The van der Waals surface area contributed by atoms with Crippen LogP contribution in [0.2, 0.25) is 0 Å². The molecule has 0 amide bonds. The van der Waals surface area contributed by atoms with Crippen molar-refractivity contribution in [1.82, 2.24) is 9.97 Å². The Balaban J connectivity index is 1.56. The Morgan fingerprint density at radius 1 is 0.750 bits per heavy atom. The van der Waals surface area contributed by atoms with Crippen molar-refractivity contribution >= 4 is 63.1 Å². The van der Waals surface area contributed by atoms with E-state index in [9.17, 15) is 0 Å². The van der Waals surface area contributed by atoms with Crippen LogP contribution in [0, 0.1) is 0 Å². The van der Waals surface area contributed by atoms with Crippen LogP contribution < -0.4 is 0 Å². The molecule has 0 aliphatic carbocycles. The monoisotopic (exact) mass is 398 g/mol. The van der Waals surface area contributed by atoms with E-state index >= 15 is 0 Å². The summed E-state index contributed by atoms with van der Waals surface area (Å²) in [5.41, 5.74) is 3.83. The van der Waals surface area contributed by atoms with Gasteiger partial charge in [-0.2, -0.15) is 0 Å². The summed E-state index contributed by atoms with van der Waals surface area (Å²) in [5.74, 6) is 1.18. The summed E-state index contributed by atoms with van der Waals surface area (Å²) in [7, 11) is 0. The van der Waals surface area contributed by atoms with Crippen molar-refractivity contribution in [3.63, 3.8) is 0 Å². The van der Waals surface area contributed by atoms with Crippen LogP contribution in [0.3, 0.4) is 0 Å².